The first-order valence-electron chi connectivity index (χ1n) is 6.53. The molecule has 2 aromatic carbocycles. The number of thiophene rings is 1. The van der Waals surface area contributed by atoms with Crippen molar-refractivity contribution in [1.29, 1.82) is 0 Å². The molecule has 0 atom stereocenters. The van der Waals surface area contributed by atoms with Crippen molar-refractivity contribution in [3.63, 3.8) is 0 Å². The number of fused-ring (bicyclic) bond motifs is 1. The Morgan fingerprint density at radius 1 is 1.00 bits per heavy atom. The van der Waals surface area contributed by atoms with Gasteiger partial charge in [-0.05, 0) is 35.9 Å². The molecule has 0 bridgehead atoms. The van der Waals surface area contributed by atoms with Crippen molar-refractivity contribution in [2.45, 2.75) is 0 Å². The fourth-order valence-electron chi connectivity index (χ4n) is 2.28. The number of methoxy groups -OCH3 is 1. The number of rotatable bonds is 3. The lowest BCUT2D eigenvalue weighted by molar-refractivity contribution is 0.420. The summed E-state index contributed by atoms with van der Waals surface area (Å²) < 4.78 is 6.69. The Kier molecular flexibility index (Phi) is 3.36. The van der Waals surface area contributed by atoms with E-state index < -0.39 is 0 Å². The van der Waals surface area contributed by atoms with Gasteiger partial charge in [-0.2, -0.15) is 0 Å². The number of benzene rings is 2. The van der Waals surface area contributed by atoms with Gasteiger partial charge in [0.1, 0.15) is 5.75 Å². The molecule has 0 saturated carbocycles. The molecule has 20 heavy (non-hydrogen) atoms. The minimum absolute atomic E-state index is 0.940. The molecule has 0 aliphatic heterocycles. The summed E-state index contributed by atoms with van der Waals surface area (Å²) in [5.74, 6) is 0.940. The highest BCUT2D eigenvalue weighted by atomic mass is 32.1. The van der Waals surface area contributed by atoms with E-state index in [1.807, 2.05) is 12.1 Å². The minimum Gasteiger partial charge on any atom is -0.496 e. The average Bonchev–Trinajstić information content (AvgIpc) is 2.91. The van der Waals surface area contributed by atoms with Gasteiger partial charge in [0, 0.05) is 34.7 Å². The van der Waals surface area contributed by atoms with E-state index in [-0.39, 0.29) is 0 Å². The Hall–Kier alpha value is -2.00. The number of hydrogen-bond acceptors (Lipinski definition) is 3. The second-order valence-corrected chi connectivity index (χ2v) is 6.01. The van der Waals surface area contributed by atoms with Crippen LogP contribution >= 0.6 is 11.3 Å². The van der Waals surface area contributed by atoms with Crippen LogP contribution in [0.3, 0.4) is 0 Å². The molecule has 2 nitrogen and oxygen atoms in total. The minimum atomic E-state index is 0.940. The Labute approximate surface area is 123 Å². The van der Waals surface area contributed by atoms with Crippen molar-refractivity contribution in [3.05, 3.63) is 48.5 Å². The standard InChI is InChI=1S/C17H17NOS/c1-18(2)13-9-7-12(8-10-13)17-11-14-15(19-3)5-4-6-16(14)20-17/h4-11H,1-3H3. The van der Waals surface area contributed by atoms with Gasteiger partial charge in [-0.1, -0.05) is 18.2 Å². The molecule has 3 rings (SSSR count). The summed E-state index contributed by atoms with van der Waals surface area (Å²) in [6, 6.07) is 17.0. The molecule has 0 unspecified atom stereocenters. The van der Waals surface area contributed by atoms with Crippen LogP contribution in [0, 0.1) is 0 Å². The van der Waals surface area contributed by atoms with Crippen LogP contribution in [-0.4, -0.2) is 21.2 Å². The molecule has 1 heterocycles. The molecular weight excluding hydrogens is 266 g/mol. The van der Waals surface area contributed by atoms with E-state index in [0.29, 0.717) is 0 Å². The van der Waals surface area contributed by atoms with Gasteiger partial charge in [0.25, 0.3) is 0 Å². The lowest BCUT2D eigenvalue weighted by Gasteiger charge is -2.12. The molecule has 0 fully saturated rings. The van der Waals surface area contributed by atoms with E-state index in [1.54, 1.807) is 18.4 Å². The van der Waals surface area contributed by atoms with Crippen molar-refractivity contribution < 1.29 is 4.74 Å². The summed E-state index contributed by atoms with van der Waals surface area (Å²) in [5, 5.41) is 1.19. The third-order valence-electron chi connectivity index (χ3n) is 3.41. The van der Waals surface area contributed by atoms with Gasteiger partial charge in [0.05, 0.1) is 7.11 Å². The van der Waals surface area contributed by atoms with E-state index in [0.717, 1.165) is 5.75 Å². The number of anilines is 1. The monoisotopic (exact) mass is 283 g/mol. The van der Waals surface area contributed by atoms with Gasteiger partial charge in [-0.3, -0.25) is 0 Å². The number of hydrogen-bond donors (Lipinski definition) is 0. The zero-order valence-electron chi connectivity index (χ0n) is 11.9. The van der Waals surface area contributed by atoms with Gasteiger partial charge in [-0.15, -0.1) is 11.3 Å². The first-order valence-corrected chi connectivity index (χ1v) is 7.35. The van der Waals surface area contributed by atoms with Crippen LogP contribution in [0.1, 0.15) is 0 Å². The first-order chi connectivity index (χ1) is 9.69. The Morgan fingerprint density at radius 2 is 1.75 bits per heavy atom. The molecule has 0 aliphatic carbocycles. The maximum atomic E-state index is 5.43. The topological polar surface area (TPSA) is 12.5 Å². The summed E-state index contributed by atoms with van der Waals surface area (Å²) in [7, 11) is 5.83. The molecule has 1 aromatic heterocycles. The molecule has 0 N–H and O–H groups in total. The van der Waals surface area contributed by atoms with Crippen LogP contribution in [0.4, 0.5) is 5.69 Å². The number of nitrogens with zero attached hydrogens (tertiary/aromatic N) is 1. The SMILES string of the molecule is COc1cccc2sc(-c3ccc(N(C)C)cc3)cc12. The smallest absolute Gasteiger partial charge is 0.127 e. The highest BCUT2D eigenvalue weighted by Crippen LogP contribution is 2.38. The molecule has 0 spiro atoms. The third kappa shape index (κ3) is 2.25. The van der Waals surface area contributed by atoms with Crippen molar-refractivity contribution in [3.8, 4) is 16.2 Å². The maximum absolute atomic E-state index is 5.43. The van der Waals surface area contributed by atoms with Gasteiger partial charge < -0.3 is 9.64 Å². The van der Waals surface area contributed by atoms with Gasteiger partial charge in [0.15, 0.2) is 0 Å². The Bertz CT molecular complexity index is 728. The Morgan fingerprint density at radius 3 is 2.40 bits per heavy atom. The maximum Gasteiger partial charge on any atom is 0.127 e. The third-order valence-corrected chi connectivity index (χ3v) is 4.56. The lowest BCUT2D eigenvalue weighted by atomic mass is 10.1. The largest absolute Gasteiger partial charge is 0.496 e. The summed E-state index contributed by atoms with van der Waals surface area (Å²) in [4.78, 5) is 3.38. The number of ether oxygens (including phenoxy) is 1. The quantitative estimate of drug-likeness (QED) is 0.694. The predicted molar refractivity (Wildman–Crippen MR) is 88.1 cm³/mol. The normalized spacial score (nSPS) is 10.8. The zero-order valence-corrected chi connectivity index (χ0v) is 12.7. The van der Waals surface area contributed by atoms with Crippen LogP contribution in [-0.2, 0) is 0 Å². The molecule has 3 aromatic rings. The summed E-state index contributed by atoms with van der Waals surface area (Å²) in [6.45, 7) is 0. The fourth-order valence-corrected chi connectivity index (χ4v) is 3.36. The van der Waals surface area contributed by atoms with Crippen LogP contribution in [0.15, 0.2) is 48.5 Å². The average molecular weight is 283 g/mol. The van der Waals surface area contributed by atoms with Crippen molar-refractivity contribution in [1.82, 2.24) is 0 Å². The molecule has 0 amide bonds. The van der Waals surface area contributed by atoms with Gasteiger partial charge in [0.2, 0.25) is 0 Å². The lowest BCUT2D eigenvalue weighted by Crippen LogP contribution is -2.07. The predicted octanol–water partition coefficient (Wildman–Crippen LogP) is 4.64. The van der Waals surface area contributed by atoms with E-state index in [9.17, 15) is 0 Å². The molecule has 0 radical (unpaired) electrons. The van der Waals surface area contributed by atoms with Crippen LogP contribution in [0.25, 0.3) is 20.5 Å². The fraction of sp³-hybridized carbons (Fsp3) is 0.176. The molecular formula is C17H17NOS. The van der Waals surface area contributed by atoms with E-state index >= 15 is 0 Å². The molecule has 3 heteroatoms. The molecule has 102 valence electrons. The van der Waals surface area contributed by atoms with E-state index in [2.05, 4.69) is 55.4 Å². The van der Waals surface area contributed by atoms with Crippen LogP contribution in [0.5, 0.6) is 5.75 Å². The summed E-state index contributed by atoms with van der Waals surface area (Å²) in [5.41, 5.74) is 2.46. The van der Waals surface area contributed by atoms with Gasteiger partial charge >= 0.3 is 0 Å². The Balaban J connectivity index is 2.06. The van der Waals surface area contributed by atoms with E-state index in [1.165, 1.54) is 26.2 Å². The molecule has 0 saturated heterocycles. The zero-order chi connectivity index (χ0) is 14.1. The van der Waals surface area contributed by atoms with E-state index in [4.69, 9.17) is 4.74 Å². The van der Waals surface area contributed by atoms with Crippen molar-refractivity contribution in [2.24, 2.45) is 0 Å². The van der Waals surface area contributed by atoms with Crippen LogP contribution < -0.4 is 9.64 Å². The van der Waals surface area contributed by atoms with Crippen LogP contribution in [0.2, 0.25) is 0 Å². The van der Waals surface area contributed by atoms with Crippen molar-refractivity contribution >= 4 is 27.1 Å². The summed E-state index contributed by atoms with van der Waals surface area (Å²) >= 11 is 1.80. The highest BCUT2D eigenvalue weighted by Gasteiger charge is 2.08. The first kappa shape index (κ1) is 13.0. The highest BCUT2D eigenvalue weighted by molar-refractivity contribution is 7.22. The molecule has 0 aliphatic rings. The summed E-state index contributed by atoms with van der Waals surface area (Å²) in [6.07, 6.45) is 0. The van der Waals surface area contributed by atoms with Gasteiger partial charge in [-0.25, -0.2) is 0 Å². The van der Waals surface area contributed by atoms with Crippen molar-refractivity contribution in [2.75, 3.05) is 26.1 Å². The second-order valence-electron chi connectivity index (χ2n) is 4.92. The second kappa shape index (κ2) is 5.17.